The van der Waals surface area contributed by atoms with Crippen LogP contribution in [0.15, 0.2) is 72.8 Å². The normalized spacial score (nSPS) is 15.1. The molecule has 0 N–H and O–H groups in total. The molecular weight excluding hydrogens is 498 g/mol. The Hall–Kier alpha value is -4.24. The minimum absolute atomic E-state index is 0.00364. The predicted molar refractivity (Wildman–Crippen MR) is 138 cm³/mol. The van der Waals surface area contributed by atoms with Crippen molar-refractivity contribution in [3.05, 3.63) is 99.1 Å². The highest BCUT2D eigenvalue weighted by Gasteiger charge is 2.44. The van der Waals surface area contributed by atoms with E-state index in [2.05, 4.69) is 0 Å². The number of imide groups is 1. The maximum atomic E-state index is 13.6. The molecule has 1 aliphatic heterocycles. The van der Waals surface area contributed by atoms with Gasteiger partial charge in [-0.2, -0.15) is 0 Å². The molecule has 3 aromatic rings. The van der Waals surface area contributed by atoms with E-state index >= 15 is 0 Å². The maximum Gasteiger partial charge on any atom is 0.288 e. The molecular formula is C27H24ClN3O6. The van der Waals surface area contributed by atoms with Crippen LogP contribution in [0.1, 0.15) is 29.3 Å². The Morgan fingerprint density at radius 3 is 2.46 bits per heavy atom. The zero-order chi connectivity index (χ0) is 26.5. The summed E-state index contributed by atoms with van der Waals surface area (Å²) >= 11 is 5.92. The first-order valence-corrected chi connectivity index (χ1v) is 12.1. The van der Waals surface area contributed by atoms with Gasteiger partial charge in [0.15, 0.2) is 0 Å². The summed E-state index contributed by atoms with van der Waals surface area (Å²) in [6.45, 7) is 2.45. The predicted octanol–water partition coefficient (Wildman–Crippen LogP) is 4.66. The van der Waals surface area contributed by atoms with Crippen LogP contribution in [0.25, 0.3) is 0 Å². The molecule has 0 spiro atoms. The highest BCUT2D eigenvalue weighted by molar-refractivity contribution is 6.32. The van der Waals surface area contributed by atoms with Gasteiger partial charge in [0.1, 0.15) is 16.8 Å². The minimum atomic E-state index is -1.06. The highest BCUT2D eigenvalue weighted by Crippen LogP contribution is 2.30. The summed E-state index contributed by atoms with van der Waals surface area (Å²) in [5.74, 6) is -0.987. The fraction of sp³-hybridized carbons (Fsp3) is 0.222. The molecule has 0 radical (unpaired) electrons. The number of hydrogen-bond donors (Lipinski definition) is 0. The Bertz CT molecular complexity index is 1330. The van der Waals surface area contributed by atoms with Gasteiger partial charge in [-0.3, -0.25) is 24.5 Å². The Morgan fingerprint density at radius 2 is 1.81 bits per heavy atom. The summed E-state index contributed by atoms with van der Waals surface area (Å²) in [7, 11) is 0. The van der Waals surface area contributed by atoms with Gasteiger partial charge >= 0.3 is 0 Å². The standard InChI is InChI=1S/C27H24ClN3O6/c1-2-37-21-11-9-20(10-12-21)30-25(32)17-24(27(30)34)29(15-14-18-6-4-3-5-7-18)26(33)19-8-13-22(28)23(16-19)31(35)36/h3-13,16,24H,2,14-15,17H2,1H3. The van der Waals surface area contributed by atoms with Gasteiger partial charge in [0.2, 0.25) is 5.91 Å². The van der Waals surface area contributed by atoms with Gasteiger partial charge in [0.05, 0.1) is 23.6 Å². The number of carbonyl (C=O) groups is 3. The first kappa shape index (κ1) is 25.8. The van der Waals surface area contributed by atoms with Crippen molar-refractivity contribution in [3.8, 4) is 5.75 Å². The second kappa shape index (κ2) is 11.2. The molecule has 1 unspecified atom stereocenters. The van der Waals surface area contributed by atoms with Crippen LogP contribution in [0.3, 0.4) is 0 Å². The molecule has 3 amide bonds. The van der Waals surface area contributed by atoms with E-state index in [9.17, 15) is 24.5 Å². The van der Waals surface area contributed by atoms with Crippen molar-refractivity contribution < 1.29 is 24.0 Å². The number of nitrogens with zero attached hydrogens (tertiary/aromatic N) is 3. The number of nitro benzene ring substituents is 1. The second-order valence-electron chi connectivity index (χ2n) is 8.37. The average molecular weight is 522 g/mol. The molecule has 4 rings (SSSR count). The van der Waals surface area contributed by atoms with E-state index in [1.54, 1.807) is 24.3 Å². The number of ether oxygens (including phenoxy) is 1. The van der Waals surface area contributed by atoms with Gasteiger partial charge < -0.3 is 9.64 Å². The van der Waals surface area contributed by atoms with Crippen LogP contribution >= 0.6 is 11.6 Å². The van der Waals surface area contributed by atoms with E-state index in [1.165, 1.54) is 17.0 Å². The number of halogens is 1. The third kappa shape index (κ3) is 5.62. The topological polar surface area (TPSA) is 110 Å². The lowest BCUT2D eigenvalue weighted by atomic mass is 10.1. The largest absolute Gasteiger partial charge is 0.494 e. The molecule has 1 saturated heterocycles. The first-order chi connectivity index (χ1) is 17.8. The molecule has 0 aliphatic carbocycles. The van der Waals surface area contributed by atoms with Gasteiger partial charge in [-0.05, 0) is 55.3 Å². The quantitative estimate of drug-likeness (QED) is 0.230. The molecule has 0 saturated carbocycles. The molecule has 0 bridgehead atoms. The van der Waals surface area contributed by atoms with Crippen molar-refractivity contribution >= 4 is 40.7 Å². The monoisotopic (exact) mass is 521 g/mol. The van der Waals surface area contributed by atoms with Crippen molar-refractivity contribution in [1.29, 1.82) is 0 Å². The fourth-order valence-corrected chi connectivity index (χ4v) is 4.42. The number of nitro groups is 1. The van der Waals surface area contributed by atoms with Crippen LogP contribution < -0.4 is 9.64 Å². The smallest absolute Gasteiger partial charge is 0.288 e. The Morgan fingerprint density at radius 1 is 1.11 bits per heavy atom. The van der Waals surface area contributed by atoms with Gasteiger partial charge in [-0.15, -0.1) is 0 Å². The number of anilines is 1. The SMILES string of the molecule is CCOc1ccc(N2C(=O)CC(N(CCc3ccccc3)C(=O)c3ccc(Cl)c([N+](=O)[O-])c3)C2=O)cc1. The number of amides is 3. The van der Waals surface area contributed by atoms with Gasteiger partial charge in [-0.1, -0.05) is 41.9 Å². The van der Waals surface area contributed by atoms with E-state index in [4.69, 9.17) is 16.3 Å². The van der Waals surface area contributed by atoms with Crippen molar-refractivity contribution in [2.75, 3.05) is 18.1 Å². The van der Waals surface area contributed by atoms with Crippen LogP contribution in [0.5, 0.6) is 5.75 Å². The summed E-state index contributed by atoms with van der Waals surface area (Å²) < 4.78 is 5.43. The number of benzene rings is 3. The van der Waals surface area contributed by atoms with E-state index in [1.807, 2.05) is 37.3 Å². The molecule has 1 fully saturated rings. The molecule has 190 valence electrons. The van der Waals surface area contributed by atoms with E-state index in [0.717, 1.165) is 16.5 Å². The summed E-state index contributed by atoms with van der Waals surface area (Å²) in [6, 6.07) is 18.6. The van der Waals surface area contributed by atoms with Crippen LogP contribution in [0.4, 0.5) is 11.4 Å². The fourth-order valence-electron chi connectivity index (χ4n) is 4.23. The van der Waals surface area contributed by atoms with Crippen LogP contribution in [0.2, 0.25) is 5.02 Å². The summed E-state index contributed by atoms with van der Waals surface area (Å²) in [4.78, 5) is 53.1. The number of rotatable bonds is 9. The Balaban J connectivity index is 1.65. The number of hydrogen-bond acceptors (Lipinski definition) is 6. The third-order valence-corrected chi connectivity index (χ3v) is 6.36. The van der Waals surface area contributed by atoms with E-state index < -0.39 is 34.4 Å². The van der Waals surface area contributed by atoms with E-state index in [-0.39, 0.29) is 23.6 Å². The van der Waals surface area contributed by atoms with Gasteiger partial charge in [0.25, 0.3) is 17.5 Å². The summed E-state index contributed by atoms with van der Waals surface area (Å²) in [6.07, 6.45) is 0.214. The van der Waals surface area contributed by atoms with Crippen LogP contribution in [0, 0.1) is 10.1 Å². The summed E-state index contributed by atoms with van der Waals surface area (Å²) in [5.41, 5.74) is 0.894. The number of carbonyl (C=O) groups excluding carboxylic acids is 3. The summed E-state index contributed by atoms with van der Waals surface area (Å²) in [5, 5.41) is 11.3. The van der Waals surface area contributed by atoms with Crippen LogP contribution in [-0.2, 0) is 16.0 Å². The van der Waals surface area contributed by atoms with Crippen molar-refractivity contribution in [2.24, 2.45) is 0 Å². The van der Waals surface area contributed by atoms with Gasteiger partial charge in [0, 0.05) is 18.2 Å². The van der Waals surface area contributed by atoms with E-state index in [0.29, 0.717) is 24.5 Å². The zero-order valence-corrected chi connectivity index (χ0v) is 20.8. The molecule has 1 aliphatic rings. The lowest BCUT2D eigenvalue weighted by Crippen LogP contribution is -2.46. The Kier molecular flexibility index (Phi) is 7.83. The average Bonchev–Trinajstić information content (AvgIpc) is 3.19. The molecule has 10 heteroatoms. The lowest BCUT2D eigenvalue weighted by molar-refractivity contribution is -0.384. The third-order valence-electron chi connectivity index (χ3n) is 6.04. The molecule has 37 heavy (non-hydrogen) atoms. The minimum Gasteiger partial charge on any atom is -0.494 e. The van der Waals surface area contributed by atoms with Crippen molar-refractivity contribution in [2.45, 2.75) is 25.8 Å². The Labute approximate surface area is 218 Å². The second-order valence-corrected chi connectivity index (χ2v) is 8.78. The first-order valence-electron chi connectivity index (χ1n) is 11.7. The zero-order valence-electron chi connectivity index (χ0n) is 20.0. The molecule has 0 aromatic heterocycles. The highest BCUT2D eigenvalue weighted by atomic mass is 35.5. The molecule has 3 aromatic carbocycles. The molecule has 1 atom stereocenters. The maximum absolute atomic E-state index is 13.6. The lowest BCUT2D eigenvalue weighted by Gasteiger charge is -2.28. The van der Waals surface area contributed by atoms with Crippen molar-refractivity contribution in [3.63, 3.8) is 0 Å². The van der Waals surface area contributed by atoms with Crippen LogP contribution in [-0.4, -0.2) is 46.7 Å². The molecule has 9 nitrogen and oxygen atoms in total. The molecule has 1 heterocycles. The van der Waals surface area contributed by atoms with Crippen molar-refractivity contribution in [1.82, 2.24) is 4.90 Å². The van der Waals surface area contributed by atoms with Gasteiger partial charge in [-0.25, -0.2) is 4.90 Å².